The molecule has 156 valence electrons. The lowest BCUT2D eigenvalue weighted by molar-refractivity contribution is 0.0554. The minimum absolute atomic E-state index is 0.0659. The van der Waals surface area contributed by atoms with Crippen molar-refractivity contribution in [3.05, 3.63) is 48.0 Å². The number of carbonyl (C=O) groups excluding carboxylic acids is 1. The third-order valence-corrected chi connectivity index (χ3v) is 7.88. The Bertz CT molecular complexity index is 1070. The Kier molecular flexibility index (Phi) is 5.18. The van der Waals surface area contributed by atoms with Crippen LogP contribution in [0.4, 0.5) is 5.69 Å². The SMILES string of the molecule is CN(C)c1ccc(-c2nc3c(C(=O)NC4C5CCN(CC5)C4I)cccc3o2)cc1. The number of oxazole rings is 1. The standard InChI is InChI=1S/C23H25IN4O2/c1-27(2)16-8-6-15(7-9-16)23-26-20-17(4-3-5-18(20)30-23)22(29)25-19-14-10-12-28(13-11-14)21(19)24/h3-9,14,19,21H,10-13H2,1-2H3,(H,25,29). The van der Waals surface area contributed by atoms with E-state index in [1.807, 2.05) is 61.5 Å². The Balaban J connectivity index is 1.43. The molecule has 3 aliphatic heterocycles. The van der Waals surface area contributed by atoms with E-state index < -0.39 is 0 Å². The van der Waals surface area contributed by atoms with Gasteiger partial charge in [-0.1, -0.05) is 28.7 Å². The van der Waals surface area contributed by atoms with Gasteiger partial charge >= 0.3 is 0 Å². The molecule has 0 spiro atoms. The number of hydrogen-bond acceptors (Lipinski definition) is 5. The summed E-state index contributed by atoms with van der Waals surface area (Å²) in [6.45, 7) is 2.28. The number of piperidine rings is 3. The molecule has 0 aliphatic carbocycles. The Morgan fingerprint density at radius 1 is 1.17 bits per heavy atom. The molecule has 2 aromatic carbocycles. The maximum absolute atomic E-state index is 13.2. The molecule has 4 heterocycles. The predicted octanol–water partition coefficient (Wildman–Crippen LogP) is 4.15. The van der Waals surface area contributed by atoms with E-state index >= 15 is 0 Å². The van der Waals surface area contributed by atoms with Crippen molar-refractivity contribution in [1.82, 2.24) is 15.2 Å². The molecular formula is C23H25IN4O2. The van der Waals surface area contributed by atoms with Gasteiger partial charge in [-0.05, 0) is 68.2 Å². The Morgan fingerprint density at radius 3 is 2.57 bits per heavy atom. The summed E-state index contributed by atoms with van der Waals surface area (Å²) in [6, 6.07) is 13.8. The van der Waals surface area contributed by atoms with Crippen LogP contribution in [0.25, 0.3) is 22.6 Å². The fourth-order valence-electron chi connectivity index (χ4n) is 4.55. The predicted molar refractivity (Wildman–Crippen MR) is 127 cm³/mol. The largest absolute Gasteiger partial charge is 0.436 e. The average Bonchev–Trinajstić information content (AvgIpc) is 3.21. The zero-order valence-corrected chi connectivity index (χ0v) is 19.3. The molecule has 7 heteroatoms. The first-order valence-corrected chi connectivity index (χ1v) is 11.6. The molecule has 6 rings (SSSR count). The molecule has 0 saturated carbocycles. The number of nitrogens with one attached hydrogen (secondary N) is 1. The molecule has 30 heavy (non-hydrogen) atoms. The van der Waals surface area contributed by atoms with E-state index in [1.165, 1.54) is 0 Å². The molecule has 2 unspecified atom stereocenters. The molecule has 1 aromatic heterocycles. The maximum Gasteiger partial charge on any atom is 0.253 e. The molecule has 3 saturated heterocycles. The van der Waals surface area contributed by atoms with Crippen molar-refractivity contribution in [2.24, 2.45) is 5.92 Å². The van der Waals surface area contributed by atoms with E-state index in [-0.39, 0.29) is 11.9 Å². The van der Waals surface area contributed by atoms with E-state index in [9.17, 15) is 4.79 Å². The van der Waals surface area contributed by atoms with Crippen LogP contribution in [0, 0.1) is 5.92 Å². The zero-order chi connectivity index (χ0) is 20.8. The molecule has 2 atom stereocenters. The van der Waals surface area contributed by atoms with E-state index in [2.05, 4.69) is 37.8 Å². The summed E-state index contributed by atoms with van der Waals surface area (Å²) in [6.07, 6.45) is 2.32. The lowest BCUT2D eigenvalue weighted by Gasteiger charge is -2.48. The van der Waals surface area contributed by atoms with E-state index in [0.29, 0.717) is 32.5 Å². The van der Waals surface area contributed by atoms with Crippen molar-refractivity contribution < 1.29 is 9.21 Å². The fraction of sp³-hybridized carbons (Fsp3) is 0.391. The second-order valence-corrected chi connectivity index (χ2v) is 9.63. The number of fused-ring (bicyclic) bond motifs is 4. The molecule has 6 nitrogen and oxygen atoms in total. The number of alkyl halides is 1. The molecule has 1 amide bonds. The summed E-state index contributed by atoms with van der Waals surface area (Å²) in [5.74, 6) is 1.03. The van der Waals surface area contributed by atoms with Crippen molar-refractivity contribution in [2.75, 3.05) is 32.1 Å². The van der Waals surface area contributed by atoms with Crippen LogP contribution in [-0.2, 0) is 0 Å². The van der Waals surface area contributed by atoms with Crippen molar-refractivity contribution in [3.8, 4) is 11.5 Å². The minimum Gasteiger partial charge on any atom is -0.436 e. The first-order valence-electron chi connectivity index (χ1n) is 10.4. The van der Waals surface area contributed by atoms with Gasteiger partial charge in [0.25, 0.3) is 5.91 Å². The van der Waals surface area contributed by atoms with Crippen LogP contribution in [-0.4, -0.2) is 53.1 Å². The van der Waals surface area contributed by atoms with E-state index in [1.54, 1.807) is 0 Å². The minimum atomic E-state index is -0.0659. The van der Waals surface area contributed by atoms with Gasteiger partial charge in [0.1, 0.15) is 5.52 Å². The summed E-state index contributed by atoms with van der Waals surface area (Å²) in [5, 5.41) is 3.30. The molecular weight excluding hydrogens is 491 g/mol. The number of para-hydroxylation sites is 1. The normalized spacial score (nSPS) is 25.4. The molecule has 0 radical (unpaired) electrons. The fourth-order valence-corrected chi connectivity index (χ4v) is 5.87. The Hall–Kier alpha value is -2.13. The summed E-state index contributed by atoms with van der Waals surface area (Å²) < 4.78 is 6.34. The van der Waals surface area contributed by atoms with Gasteiger partial charge in [-0.25, -0.2) is 4.98 Å². The quantitative estimate of drug-likeness (QED) is 0.321. The summed E-state index contributed by atoms with van der Waals surface area (Å²) in [5.41, 5.74) is 3.84. The highest BCUT2D eigenvalue weighted by atomic mass is 127. The zero-order valence-electron chi connectivity index (χ0n) is 17.1. The molecule has 3 fully saturated rings. The van der Waals surface area contributed by atoms with E-state index in [4.69, 9.17) is 4.42 Å². The second kappa shape index (κ2) is 7.85. The number of aromatic nitrogens is 1. The highest BCUT2D eigenvalue weighted by Crippen LogP contribution is 2.35. The summed E-state index contributed by atoms with van der Waals surface area (Å²) in [4.78, 5) is 22.4. The number of nitrogens with zero attached hydrogens (tertiary/aromatic N) is 3. The number of anilines is 1. The number of rotatable bonds is 4. The Morgan fingerprint density at radius 2 is 1.90 bits per heavy atom. The third-order valence-electron chi connectivity index (χ3n) is 6.32. The van der Waals surface area contributed by atoms with Crippen molar-refractivity contribution in [2.45, 2.75) is 22.9 Å². The number of halogens is 1. The first-order chi connectivity index (χ1) is 14.5. The van der Waals surface area contributed by atoms with Gasteiger partial charge < -0.3 is 14.6 Å². The number of amides is 1. The van der Waals surface area contributed by atoms with Gasteiger partial charge in [0.05, 0.1) is 15.7 Å². The molecule has 1 N–H and O–H groups in total. The maximum atomic E-state index is 13.2. The smallest absolute Gasteiger partial charge is 0.253 e. The van der Waals surface area contributed by atoms with Crippen LogP contribution in [0.3, 0.4) is 0 Å². The lowest BCUT2D eigenvalue weighted by Crippen LogP contribution is -2.61. The Labute approximate surface area is 189 Å². The van der Waals surface area contributed by atoms with Gasteiger partial charge in [-0.2, -0.15) is 0 Å². The van der Waals surface area contributed by atoms with Gasteiger partial charge in [0.2, 0.25) is 5.89 Å². The van der Waals surface area contributed by atoms with E-state index in [0.717, 1.165) is 37.2 Å². The molecule has 3 aromatic rings. The van der Waals surface area contributed by atoms with Gasteiger partial charge in [-0.3, -0.25) is 9.69 Å². The average molecular weight is 516 g/mol. The highest BCUT2D eigenvalue weighted by molar-refractivity contribution is 14.1. The van der Waals surface area contributed by atoms with Crippen LogP contribution in [0.15, 0.2) is 46.9 Å². The van der Waals surface area contributed by atoms with Gasteiger partial charge in [0, 0.05) is 25.3 Å². The second-order valence-electron chi connectivity index (χ2n) is 8.36. The van der Waals surface area contributed by atoms with Crippen LogP contribution in [0.1, 0.15) is 23.2 Å². The van der Waals surface area contributed by atoms with Crippen molar-refractivity contribution in [1.29, 1.82) is 0 Å². The summed E-state index contributed by atoms with van der Waals surface area (Å²) in [7, 11) is 4.02. The molecule has 2 bridgehead atoms. The van der Waals surface area contributed by atoms with Gasteiger partial charge in [-0.15, -0.1) is 0 Å². The first kappa shape index (κ1) is 19.8. The monoisotopic (exact) mass is 516 g/mol. The van der Waals surface area contributed by atoms with Crippen molar-refractivity contribution in [3.63, 3.8) is 0 Å². The number of benzene rings is 2. The van der Waals surface area contributed by atoms with Crippen molar-refractivity contribution >= 4 is 45.3 Å². The number of carbonyl (C=O) groups is 1. The molecule has 3 aliphatic rings. The lowest BCUT2D eigenvalue weighted by atomic mass is 9.84. The summed E-state index contributed by atoms with van der Waals surface area (Å²) >= 11 is 2.47. The van der Waals surface area contributed by atoms with Crippen LogP contribution < -0.4 is 10.2 Å². The van der Waals surface area contributed by atoms with Crippen LogP contribution in [0.2, 0.25) is 0 Å². The highest BCUT2D eigenvalue weighted by Gasteiger charge is 2.41. The van der Waals surface area contributed by atoms with Crippen LogP contribution in [0.5, 0.6) is 0 Å². The van der Waals surface area contributed by atoms with Crippen LogP contribution >= 0.6 is 22.6 Å². The number of hydrogen-bond donors (Lipinski definition) is 1. The topological polar surface area (TPSA) is 61.6 Å². The third kappa shape index (κ3) is 3.47. The van der Waals surface area contributed by atoms with Gasteiger partial charge in [0.15, 0.2) is 5.58 Å².